The fourth-order valence-corrected chi connectivity index (χ4v) is 2.14. The zero-order valence-corrected chi connectivity index (χ0v) is 10.2. The number of aliphatic hydroxyl groups is 1. The number of hydrogen-bond acceptors (Lipinski definition) is 7. The van der Waals surface area contributed by atoms with Crippen LogP contribution in [0.15, 0.2) is 17.1 Å². The quantitative estimate of drug-likeness (QED) is 0.590. The number of halogens is 1. The van der Waals surface area contributed by atoms with E-state index in [1.165, 1.54) is 19.3 Å². The van der Waals surface area contributed by atoms with Gasteiger partial charge in [-0.15, -0.1) is 0 Å². The minimum atomic E-state index is -1.70. The second-order valence-electron chi connectivity index (χ2n) is 4.30. The summed E-state index contributed by atoms with van der Waals surface area (Å²) in [5.74, 6) is 0.0178. The van der Waals surface area contributed by atoms with Crippen molar-refractivity contribution in [1.29, 1.82) is 0 Å². The lowest BCUT2D eigenvalue weighted by Gasteiger charge is -2.22. The number of aliphatic hydroxyl groups excluding tert-OH is 1. The smallest absolute Gasteiger partial charge is 0.351 e. The third kappa shape index (κ3) is 2.45. The molecule has 106 valence electrons. The summed E-state index contributed by atoms with van der Waals surface area (Å²) in [4.78, 5) is 15.1. The molecule has 2 heterocycles. The van der Waals surface area contributed by atoms with Gasteiger partial charge in [-0.1, -0.05) is 0 Å². The van der Waals surface area contributed by atoms with Crippen LogP contribution in [-0.4, -0.2) is 56.9 Å². The summed E-state index contributed by atoms with van der Waals surface area (Å²) in [6.07, 6.45) is -2.65. The third-order valence-corrected chi connectivity index (χ3v) is 3.03. The van der Waals surface area contributed by atoms with E-state index < -0.39 is 36.8 Å². The summed E-state index contributed by atoms with van der Waals surface area (Å²) in [5.41, 5.74) is 4.58. The van der Waals surface area contributed by atoms with Gasteiger partial charge in [0.1, 0.15) is 11.9 Å². The van der Waals surface area contributed by atoms with Crippen molar-refractivity contribution in [2.45, 2.75) is 24.5 Å². The van der Waals surface area contributed by atoms with Gasteiger partial charge in [0.25, 0.3) is 0 Å². The Bertz CT molecular complexity index is 509. The number of anilines is 1. The van der Waals surface area contributed by atoms with Gasteiger partial charge in [0.15, 0.2) is 12.4 Å². The Morgan fingerprint density at radius 1 is 1.68 bits per heavy atom. The first-order valence-corrected chi connectivity index (χ1v) is 5.62. The second-order valence-corrected chi connectivity index (χ2v) is 4.30. The number of alkyl halides is 1. The van der Waals surface area contributed by atoms with Crippen molar-refractivity contribution in [2.24, 2.45) is 0 Å². The van der Waals surface area contributed by atoms with Crippen molar-refractivity contribution in [2.75, 3.05) is 19.4 Å². The summed E-state index contributed by atoms with van der Waals surface area (Å²) in [7, 11) is 1.25. The van der Waals surface area contributed by atoms with Gasteiger partial charge < -0.3 is 20.8 Å². The van der Waals surface area contributed by atoms with Gasteiger partial charge in [0, 0.05) is 13.2 Å². The molecule has 19 heavy (non-hydrogen) atoms. The van der Waals surface area contributed by atoms with Gasteiger partial charge in [-0.25, -0.2) is 9.18 Å². The van der Waals surface area contributed by atoms with E-state index in [0.29, 0.717) is 5.06 Å². The van der Waals surface area contributed by atoms with Gasteiger partial charge in [-0.05, 0) is 6.07 Å². The average molecular weight is 274 g/mol. The number of rotatable bonds is 3. The van der Waals surface area contributed by atoms with Crippen LogP contribution >= 0.6 is 0 Å². The van der Waals surface area contributed by atoms with Crippen LogP contribution < -0.4 is 11.4 Å². The van der Waals surface area contributed by atoms with Crippen molar-refractivity contribution in [3.63, 3.8) is 0 Å². The van der Waals surface area contributed by atoms with Crippen molar-refractivity contribution >= 4 is 5.82 Å². The summed E-state index contributed by atoms with van der Waals surface area (Å²) in [6, 6.07) is 0.265. The largest absolute Gasteiger partial charge is 0.394 e. The number of aromatic nitrogens is 2. The number of hydrogen-bond donors (Lipinski definition) is 3. The predicted molar refractivity (Wildman–Crippen MR) is 62.1 cm³/mol. The molecule has 1 aliphatic heterocycles. The summed E-state index contributed by atoms with van der Waals surface area (Å²) < 4.78 is 20.4. The van der Waals surface area contributed by atoms with E-state index in [-0.39, 0.29) is 5.82 Å². The van der Waals surface area contributed by atoms with Crippen LogP contribution in [0.4, 0.5) is 10.2 Å². The van der Waals surface area contributed by atoms with Crippen LogP contribution in [0.1, 0.15) is 6.23 Å². The molecule has 0 aromatic carbocycles. The Balaban J connectivity index is 2.34. The lowest BCUT2D eigenvalue weighted by Crippen LogP contribution is -2.43. The van der Waals surface area contributed by atoms with Crippen LogP contribution in [0.25, 0.3) is 0 Å². The molecule has 0 radical (unpaired) electrons. The lowest BCUT2D eigenvalue weighted by molar-refractivity contribution is -0.134. The van der Waals surface area contributed by atoms with Crippen LogP contribution in [0.3, 0.4) is 0 Å². The number of nitrogen functional groups attached to an aromatic ring is 1. The van der Waals surface area contributed by atoms with E-state index >= 15 is 0 Å². The molecule has 0 spiro atoms. The maximum Gasteiger partial charge on any atom is 0.351 e. The Kier molecular flexibility index (Phi) is 3.80. The van der Waals surface area contributed by atoms with E-state index in [0.717, 1.165) is 4.57 Å². The van der Waals surface area contributed by atoms with Gasteiger partial charge in [-0.2, -0.15) is 10.0 Å². The Morgan fingerprint density at radius 2 is 2.37 bits per heavy atom. The molecule has 1 fully saturated rings. The van der Waals surface area contributed by atoms with E-state index in [4.69, 9.17) is 15.6 Å². The first-order valence-electron chi connectivity index (χ1n) is 5.62. The Labute approximate surface area is 107 Å². The maximum atomic E-state index is 14.3. The Hall–Kier alpha value is -1.55. The third-order valence-electron chi connectivity index (χ3n) is 3.03. The zero-order chi connectivity index (χ0) is 14.2. The fraction of sp³-hybridized carbons (Fsp3) is 0.600. The van der Waals surface area contributed by atoms with E-state index in [9.17, 15) is 14.4 Å². The number of hydroxylamine groups is 2. The molecule has 0 saturated carbocycles. The summed E-state index contributed by atoms with van der Waals surface area (Å²) >= 11 is 0. The normalized spacial score (nSPS) is 31.0. The highest BCUT2D eigenvalue weighted by Crippen LogP contribution is 2.32. The highest BCUT2D eigenvalue weighted by atomic mass is 19.1. The first-order chi connectivity index (χ1) is 8.95. The molecule has 8 nitrogen and oxygen atoms in total. The standard InChI is InChI=1S/C10H15FN4O4/c1-14(18)8-5(4-16)19-9(7(8)11)15-3-2-6(12)13-10(15)17/h2-3,5,7-9,16,18H,4H2,1H3,(H2,12,13,17)/t5-,7+,8-,9+/m1/s1. The molecule has 1 aliphatic rings. The highest BCUT2D eigenvalue weighted by molar-refractivity contribution is 5.23. The van der Waals surface area contributed by atoms with Crippen molar-refractivity contribution in [1.82, 2.24) is 14.6 Å². The van der Waals surface area contributed by atoms with Crippen molar-refractivity contribution < 1.29 is 19.4 Å². The van der Waals surface area contributed by atoms with Gasteiger partial charge in [0.2, 0.25) is 0 Å². The molecule has 4 N–H and O–H groups in total. The molecule has 0 amide bonds. The minimum Gasteiger partial charge on any atom is -0.394 e. The van der Waals surface area contributed by atoms with E-state index in [1.54, 1.807) is 0 Å². The molecule has 1 aromatic rings. The lowest BCUT2D eigenvalue weighted by atomic mass is 10.1. The number of ether oxygens (including phenoxy) is 1. The highest BCUT2D eigenvalue weighted by Gasteiger charge is 2.48. The number of likely N-dealkylation sites (N-methyl/N-ethyl adjacent to an activating group) is 1. The van der Waals surface area contributed by atoms with Gasteiger partial charge in [-0.3, -0.25) is 4.57 Å². The molecular formula is C10H15FN4O4. The van der Waals surface area contributed by atoms with Crippen molar-refractivity contribution in [3.8, 4) is 0 Å². The summed E-state index contributed by atoms with van der Waals surface area (Å²) in [6.45, 7) is -0.483. The molecule has 0 aliphatic carbocycles. The molecular weight excluding hydrogens is 259 g/mol. The van der Waals surface area contributed by atoms with Crippen LogP contribution in [-0.2, 0) is 4.74 Å². The van der Waals surface area contributed by atoms with Gasteiger partial charge >= 0.3 is 5.69 Å². The predicted octanol–water partition coefficient (Wildman–Crippen LogP) is -1.26. The molecule has 0 bridgehead atoms. The fourth-order valence-electron chi connectivity index (χ4n) is 2.14. The van der Waals surface area contributed by atoms with Crippen LogP contribution in [0.2, 0.25) is 0 Å². The van der Waals surface area contributed by atoms with E-state index in [1.807, 2.05) is 0 Å². The molecule has 9 heteroatoms. The number of nitrogens with zero attached hydrogens (tertiary/aromatic N) is 3. The van der Waals surface area contributed by atoms with Gasteiger partial charge in [0.05, 0.1) is 12.6 Å². The number of nitrogens with two attached hydrogens (primary N) is 1. The molecule has 4 atom stereocenters. The maximum absolute atomic E-state index is 14.3. The molecule has 2 rings (SSSR count). The molecule has 1 aromatic heterocycles. The first kappa shape index (κ1) is 13.9. The van der Waals surface area contributed by atoms with Crippen LogP contribution in [0, 0.1) is 0 Å². The van der Waals surface area contributed by atoms with Crippen LogP contribution in [0.5, 0.6) is 0 Å². The monoisotopic (exact) mass is 274 g/mol. The van der Waals surface area contributed by atoms with E-state index in [2.05, 4.69) is 4.98 Å². The SMILES string of the molecule is CN(O)[C@H]1[C@H](F)[C@@H](n2ccc(N)nc2=O)O[C@@H]1CO. The topological polar surface area (TPSA) is 114 Å². The zero-order valence-electron chi connectivity index (χ0n) is 10.2. The molecule has 0 unspecified atom stereocenters. The molecule has 1 saturated heterocycles. The Morgan fingerprint density at radius 3 is 2.84 bits per heavy atom. The average Bonchev–Trinajstić information content (AvgIpc) is 2.66. The van der Waals surface area contributed by atoms with Crippen molar-refractivity contribution in [3.05, 3.63) is 22.7 Å². The summed E-state index contributed by atoms with van der Waals surface area (Å²) in [5, 5.41) is 19.1. The second kappa shape index (κ2) is 5.21. The minimum absolute atomic E-state index is 0.0178.